The average Bonchev–Trinajstić information content (AvgIpc) is 2.32. The Labute approximate surface area is 109 Å². The Hall–Kier alpha value is 1.04. The first-order chi connectivity index (χ1) is 5.13. The van der Waals surface area contributed by atoms with Crippen molar-refractivity contribution in [1.82, 2.24) is 0 Å². The van der Waals surface area contributed by atoms with Crippen LogP contribution in [0.2, 0.25) is 0 Å². The summed E-state index contributed by atoms with van der Waals surface area (Å²) in [6, 6.07) is 2.40. The molecule has 0 saturated heterocycles. The van der Waals surface area contributed by atoms with Crippen LogP contribution in [0.1, 0.15) is 34.3 Å². The van der Waals surface area contributed by atoms with Gasteiger partial charge < -0.3 is 0 Å². The van der Waals surface area contributed by atoms with Crippen LogP contribution in [0.3, 0.4) is 0 Å². The van der Waals surface area contributed by atoms with Crippen molar-refractivity contribution in [2.75, 3.05) is 0 Å². The second-order valence-electron chi connectivity index (χ2n) is 2.75. The third-order valence-electron chi connectivity index (χ3n) is 1.61. The van der Waals surface area contributed by atoms with Crippen LogP contribution >= 0.6 is 36.2 Å². The molecule has 5 heteroatoms. The Morgan fingerprint density at radius 1 is 1.38 bits per heavy atom. The summed E-state index contributed by atoms with van der Waals surface area (Å²) in [5.74, 6) is 0. The molecule has 1 heterocycles. The number of hydrogen-bond donors (Lipinski definition) is 1. The fraction of sp³-hybridized carbons (Fsp3) is 0.500. The van der Waals surface area contributed by atoms with Crippen molar-refractivity contribution in [3.63, 3.8) is 0 Å². The molecule has 1 aromatic rings. The summed E-state index contributed by atoms with van der Waals surface area (Å²) in [6.45, 7) is 4.29. The minimum Gasteiger partial charge on any atom is -0.147 e. The predicted molar refractivity (Wildman–Crippen MR) is 65.6 cm³/mol. The van der Waals surface area contributed by atoms with Crippen LogP contribution in [-0.2, 0) is 0 Å². The summed E-state index contributed by atoms with van der Waals surface area (Å²) in [5.41, 5.74) is 7.26. The van der Waals surface area contributed by atoms with Crippen molar-refractivity contribution in [2.45, 2.75) is 23.8 Å². The second-order valence-corrected chi connectivity index (χ2v) is 6.17. The Kier molecular flexibility index (Phi) is 9.31. The van der Waals surface area contributed by atoms with Gasteiger partial charge in [0.05, 0.1) is 0 Å². The van der Waals surface area contributed by atoms with Crippen molar-refractivity contribution < 1.29 is 0 Å². The number of hydrogen-bond acceptors (Lipinski definition) is 2. The quantitative estimate of drug-likeness (QED) is 0.819. The number of nitrogens with two attached hydrogens (primary N) is 1. The molecule has 1 rings (SSSR count). The SMILES string of the molecule is CC(N)c1sccc1[CH](C)[Sn].Cl.Cl. The van der Waals surface area contributed by atoms with Gasteiger partial charge in [-0.1, -0.05) is 0 Å². The molecule has 0 aliphatic carbocycles. The van der Waals surface area contributed by atoms with Crippen molar-refractivity contribution in [3.05, 3.63) is 21.9 Å². The van der Waals surface area contributed by atoms with Crippen LogP contribution in [0.5, 0.6) is 0 Å². The summed E-state index contributed by atoms with van der Waals surface area (Å²) >= 11 is 3.34. The third kappa shape index (κ3) is 4.38. The van der Waals surface area contributed by atoms with E-state index < -0.39 is 0 Å². The first kappa shape index (κ1) is 16.5. The van der Waals surface area contributed by atoms with Crippen LogP contribution in [0, 0.1) is 0 Å². The first-order valence-electron chi connectivity index (χ1n) is 3.67. The molecule has 2 atom stereocenters. The summed E-state index contributed by atoms with van der Waals surface area (Å²) < 4.78 is 0.689. The molecule has 13 heavy (non-hydrogen) atoms. The van der Waals surface area contributed by atoms with Gasteiger partial charge in [0.2, 0.25) is 0 Å². The second kappa shape index (κ2) is 7.35. The van der Waals surface area contributed by atoms with Crippen molar-refractivity contribution >= 4 is 58.7 Å². The van der Waals surface area contributed by atoms with Crippen LogP contribution in [0.15, 0.2) is 11.4 Å². The molecule has 0 saturated carbocycles. The molecule has 3 radical (unpaired) electrons. The van der Waals surface area contributed by atoms with Crippen LogP contribution in [0.25, 0.3) is 0 Å². The van der Waals surface area contributed by atoms with Crippen molar-refractivity contribution in [1.29, 1.82) is 0 Å². The van der Waals surface area contributed by atoms with E-state index in [9.17, 15) is 0 Å². The van der Waals surface area contributed by atoms with Gasteiger partial charge in [-0.2, -0.15) is 0 Å². The molecule has 0 fully saturated rings. The molecule has 0 aromatic carbocycles. The zero-order valence-corrected chi connectivity index (χ0v) is 12.9. The number of rotatable bonds is 2. The van der Waals surface area contributed by atoms with Gasteiger partial charge in [-0.15, -0.1) is 24.8 Å². The number of thiophene rings is 1. The molecular weight excluding hydrogens is 332 g/mol. The monoisotopic (exact) mass is 346 g/mol. The topological polar surface area (TPSA) is 26.0 Å². The molecule has 2 unspecified atom stereocenters. The van der Waals surface area contributed by atoms with Gasteiger partial charge in [-0.25, -0.2) is 0 Å². The standard InChI is InChI=1S/C8H12NS.2ClH.Sn/c1-3-7-4-5-10-8(7)6(2)9;;;/h3-6H,9H2,1-2H3;2*1H;. The molecular formula is C8H14Cl2NSSn. The van der Waals surface area contributed by atoms with Crippen molar-refractivity contribution in [3.8, 4) is 0 Å². The summed E-state index contributed by atoms with van der Waals surface area (Å²) in [5, 5.41) is 2.13. The fourth-order valence-corrected chi connectivity index (χ4v) is 3.03. The fourth-order valence-electron chi connectivity index (χ4n) is 1.06. The van der Waals surface area contributed by atoms with Gasteiger partial charge in [-0.05, 0) is 0 Å². The molecule has 2 N–H and O–H groups in total. The van der Waals surface area contributed by atoms with E-state index in [1.54, 1.807) is 33.9 Å². The van der Waals surface area contributed by atoms with Gasteiger partial charge in [0, 0.05) is 0 Å². The zero-order valence-electron chi connectivity index (χ0n) is 7.61. The Morgan fingerprint density at radius 2 is 1.92 bits per heavy atom. The largest absolute Gasteiger partial charge is 0.147 e. The summed E-state index contributed by atoms with van der Waals surface area (Å²) in [6.07, 6.45) is 0. The molecule has 0 bridgehead atoms. The van der Waals surface area contributed by atoms with E-state index in [0.29, 0.717) is 3.93 Å². The maximum atomic E-state index is 5.82. The maximum Gasteiger partial charge on any atom is -0.147 e. The van der Waals surface area contributed by atoms with Gasteiger partial charge in [-0.3, -0.25) is 0 Å². The van der Waals surface area contributed by atoms with Crippen LogP contribution < -0.4 is 5.73 Å². The summed E-state index contributed by atoms with van der Waals surface area (Å²) in [7, 11) is 0. The smallest absolute Gasteiger partial charge is 0.147 e. The van der Waals surface area contributed by atoms with E-state index in [1.807, 2.05) is 6.92 Å². The minimum atomic E-state index is 0. The maximum absolute atomic E-state index is 5.82. The van der Waals surface area contributed by atoms with E-state index in [2.05, 4.69) is 18.4 Å². The zero-order chi connectivity index (χ0) is 8.43. The normalized spacial score (nSPS) is 13.8. The van der Waals surface area contributed by atoms with E-state index in [-0.39, 0.29) is 30.9 Å². The van der Waals surface area contributed by atoms with Gasteiger partial charge in [0.15, 0.2) is 0 Å². The van der Waals surface area contributed by atoms with Crippen molar-refractivity contribution in [2.24, 2.45) is 5.73 Å². The molecule has 1 nitrogen and oxygen atoms in total. The van der Waals surface area contributed by atoms with E-state index in [0.717, 1.165) is 0 Å². The Morgan fingerprint density at radius 3 is 2.23 bits per heavy atom. The van der Waals surface area contributed by atoms with E-state index >= 15 is 0 Å². The molecule has 0 aliphatic rings. The molecule has 75 valence electrons. The molecule has 0 amide bonds. The van der Waals surface area contributed by atoms with Crippen LogP contribution in [-0.4, -0.2) is 22.5 Å². The Bertz CT molecular complexity index is 215. The third-order valence-corrected chi connectivity index (χ3v) is 3.63. The molecule has 0 spiro atoms. The average molecular weight is 346 g/mol. The minimum absolute atomic E-state index is 0. The van der Waals surface area contributed by atoms with Gasteiger partial charge >= 0.3 is 85.3 Å². The predicted octanol–water partition coefficient (Wildman–Crippen LogP) is 2.84. The van der Waals surface area contributed by atoms with Gasteiger partial charge in [0.25, 0.3) is 0 Å². The van der Waals surface area contributed by atoms with E-state index in [4.69, 9.17) is 5.73 Å². The van der Waals surface area contributed by atoms with Gasteiger partial charge in [0.1, 0.15) is 0 Å². The summed E-state index contributed by atoms with van der Waals surface area (Å²) in [4.78, 5) is 1.36. The first-order valence-corrected chi connectivity index (χ1v) is 6.19. The molecule has 1 aromatic heterocycles. The van der Waals surface area contributed by atoms with Crippen LogP contribution in [0.4, 0.5) is 0 Å². The molecule has 0 aliphatic heterocycles. The number of halogens is 2. The Balaban J connectivity index is 0. The van der Waals surface area contributed by atoms with E-state index in [1.165, 1.54) is 10.4 Å².